The van der Waals surface area contributed by atoms with Crippen molar-refractivity contribution in [1.82, 2.24) is 0 Å². The van der Waals surface area contributed by atoms with Crippen LogP contribution in [0, 0.1) is 0 Å². The van der Waals surface area contributed by atoms with Crippen LogP contribution in [0.2, 0.25) is 5.82 Å². The number of carbonyl (C=O) groups is 1. The van der Waals surface area contributed by atoms with E-state index in [-0.39, 0.29) is 5.91 Å². The van der Waals surface area contributed by atoms with Gasteiger partial charge in [0.2, 0.25) is 5.91 Å². The standard InChI is InChI=1S/C11H14BNO3/c13-11(14)10(12-15-6-7-16-12)8-9-4-2-1-3-5-9/h1-5,10H,6-8H2,(H2,13,14). The van der Waals surface area contributed by atoms with Crippen molar-refractivity contribution >= 4 is 13.0 Å². The molecule has 1 aliphatic heterocycles. The molecule has 4 nitrogen and oxygen atoms in total. The average molecular weight is 219 g/mol. The van der Waals surface area contributed by atoms with Crippen molar-refractivity contribution in [3.05, 3.63) is 35.9 Å². The Hall–Kier alpha value is -1.33. The van der Waals surface area contributed by atoms with Crippen molar-refractivity contribution in [3.8, 4) is 0 Å². The van der Waals surface area contributed by atoms with Gasteiger partial charge in [-0.05, 0) is 12.0 Å². The average Bonchev–Trinajstić information content (AvgIpc) is 2.80. The smallest absolute Gasteiger partial charge is 0.408 e. The van der Waals surface area contributed by atoms with Gasteiger partial charge in [-0.25, -0.2) is 0 Å². The molecule has 0 bridgehead atoms. The Bertz CT molecular complexity index is 352. The Kier molecular flexibility index (Phi) is 3.59. The third-order valence-electron chi connectivity index (χ3n) is 2.64. The lowest BCUT2D eigenvalue weighted by Gasteiger charge is -2.14. The summed E-state index contributed by atoms with van der Waals surface area (Å²) in [7, 11) is -0.488. The number of benzene rings is 1. The van der Waals surface area contributed by atoms with Crippen LogP contribution in [-0.4, -0.2) is 26.2 Å². The number of amides is 1. The van der Waals surface area contributed by atoms with Crippen molar-refractivity contribution in [2.75, 3.05) is 13.2 Å². The van der Waals surface area contributed by atoms with Crippen molar-refractivity contribution in [2.45, 2.75) is 12.2 Å². The summed E-state index contributed by atoms with van der Waals surface area (Å²) in [5.74, 6) is -0.791. The quantitative estimate of drug-likeness (QED) is 0.755. The lowest BCUT2D eigenvalue weighted by Crippen LogP contribution is -2.34. The fourth-order valence-corrected chi connectivity index (χ4v) is 1.81. The monoisotopic (exact) mass is 219 g/mol. The summed E-state index contributed by atoms with van der Waals surface area (Å²) in [6, 6.07) is 9.73. The highest BCUT2D eigenvalue weighted by Gasteiger charge is 2.37. The minimum atomic E-state index is -0.488. The fraction of sp³-hybridized carbons (Fsp3) is 0.364. The number of hydrogen-bond donors (Lipinski definition) is 1. The van der Waals surface area contributed by atoms with Gasteiger partial charge in [0.25, 0.3) is 0 Å². The first-order valence-corrected chi connectivity index (χ1v) is 5.34. The molecule has 1 unspecified atom stereocenters. The number of hydrogen-bond acceptors (Lipinski definition) is 3. The van der Waals surface area contributed by atoms with Crippen molar-refractivity contribution < 1.29 is 14.1 Å². The van der Waals surface area contributed by atoms with Crippen LogP contribution in [-0.2, 0) is 20.5 Å². The molecule has 2 rings (SSSR count). The predicted octanol–water partition coefficient (Wildman–Crippen LogP) is 0.620. The Balaban J connectivity index is 2.05. The van der Waals surface area contributed by atoms with Gasteiger partial charge in [-0.1, -0.05) is 30.3 Å². The fourth-order valence-electron chi connectivity index (χ4n) is 1.81. The van der Waals surface area contributed by atoms with Crippen LogP contribution < -0.4 is 5.73 Å². The van der Waals surface area contributed by atoms with E-state index in [1.54, 1.807) is 0 Å². The van der Waals surface area contributed by atoms with E-state index in [0.717, 1.165) is 5.56 Å². The van der Waals surface area contributed by atoms with E-state index in [9.17, 15) is 4.79 Å². The lowest BCUT2D eigenvalue weighted by atomic mass is 9.68. The summed E-state index contributed by atoms with van der Waals surface area (Å²) in [6.07, 6.45) is 0.556. The first-order valence-electron chi connectivity index (χ1n) is 5.34. The molecule has 84 valence electrons. The van der Waals surface area contributed by atoms with Gasteiger partial charge in [0, 0.05) is 0 Å². The Morgan fingerprint density at radius 2 is 1.94 bits per heavy atom. The van der Waals surface area contributed by atoms with Crippen LogP contribution in [0.4, 0.5) is 0 Å². The molecule has 2 N–H and O–H groups in total. The molecule has 0 radical (unpaired) electrons. The molecular weight excluding hydrogens is 205 g/mol. The topological polar surface area (TPSA) is 61.6 Å². The van der Waals surface area contributed by atoms with Crippen LogP contribution in [0.5, 0.6) is 0 Å². The zero-order valence-corrected chi connectivity index (χ0v) is 8.96. The zero-order chi connectivity index (χ0) is 11.4. The highest BCUT2D eigenvalue weighted by Crippen LogP contribution is 2.21. The van der Waals surface area contributed by atoms with Crippen LogP contribution in [0.3, 0.4) is 0 Å². The molecule has 16 heavy (non-hydrogen) atoms. The van der Waals surface area contributed by atoms with Gasteiger partial charge in [-0.15, -0.1) is 0 Å². The van der Waals surface area contributed by atoms with Gasteiger partial charge >= 0.3 is 7.12 Å². The number of rotatable bonds is 4. The Morgan fingerprint density at radius 3 is 2.50 bits per heavy atom. The molecule has 0 spiro atoms. The molecule has 5 heteroatoms. The number of nitrogens with two attached hydrogens (primary N) is 1. The van der Waals surface area contributed by atoms with Crippen LogP contribution in [0.25, 0.3) is 0 Å². The summed E-state index contributed by atoms with van der Waals surface area (Å²) in [4.78, 5) is 11.4. The van der Waals surface area contributed by atoms with Crippen molar-refractivity contribution in [3.63, 3.8) is 0 Å². The highest BCUT2D eigenvalue weighted by atomic mass is 16.6. The second-order valence-electron chi connectivity index (χ2n) is 3.81. The Morgan fingerprint density at radius 1 is 1.31 bits per heavy atom. The first-order chi connectivity index (χ1) is 7.77. The second kappa shape index (κ2) is 5.14. The van der Waals surface area contributed by atoms with Gasteiger partial charge in [0.15, 0.2) is 0 Å². The second-order valence-corrected chi connectivity index (χ2v) is 3.81. The maximum atomic E-state index is 11.4. The molecule has 0 saturated carbocycles. The SMILES string of the molecule is NC(=O)C(Cc1ccccc1)B1OCCO1. The van der Waals surface area contributed by atoms with Crippen LogP contribution in [0.15, 0.2) is 30.3 Å². The summed E-state index contributed by atoms with van der Waals surface area (Å²) in [5, 5.41) is 0. The molecule has 0 aliphatic carbocycles. The van der Waals surface area contributed by atoms with Gasteiger partial charge in [0.1, 0.15) is 0 Å². The van der Waals surface area contributed by atoms with Gasteiger partial charge in [-0.2, -0.15) is 0 Å². The predicted molar refractivity (Wildman–Crippen MR) is 60.7 cm³/mol. The van der Waals surface area contributed by atoms with Gasteiger partial charge in [0.05, 0.1) is 19.0 Å². The highest BCUT2D eigenvalue weighted by molar-refractivity contribution is 6.52. The van der Waals surface area contributed by atoms with Gasteiger partial charge < -0.3 is 15.0 Å². The van der Waals surface area contributed by atoms with Gasteiger partial charge in [-0.3, -0.25) is 4.79 Å². The van der Waals surface area contributed by atoms with E-state index in [1.165, 1.54) is 0 Å². The van der Waals surface area contributed by atoms with E-state index < -0.39 is 12.9 Å². The minimum absolute atomic E-state index is 0.379. The molecule has 1 aliphatic rings. The summed E-state index contributed by atoms with van der Waals surface area (Å²) in [6.45, 7) is 1.06. The van der Waals surface area contributed by atoms with Crippen LogP contribution in [0.1, 0.15) is 5.56 Å². The molecule has 1 heterocycles. The maximum absolute atomic E-state index is 11.4. The lowest BCUT2D eigenvalue weighted by molar-refractivity contribution is -0.118. The van der Waals surface area contributed by atoms with E-state index in [0.29, 0.717) is 19.6 Å². The first kappa shape index (κ1) is 11.2. The zero-order valence-electron chi connectivity index (χ0n) is 8.96. The summed E-state index contributed by atoms with van der Waals surface area (Å²) in [5.41, 5.74) is 6.43. The van der Waals surface area contributed by atoms with E-state index >= 15 is 0 Å². The summed E-state index contributed by atoms with van der Waals surface area (Å²) < 4.78 is 10.7. The Labute approximate surface area is 94.9 Å². The molecular formula is C11H14BNO3. The minimum Gasteiger partial charge on any atom is -0.408 e. The molecule has 1 fully saturated rings. The molecule has 1 saturated heterocycles. The molecule has 1 atom stereocenters. The maximum Gasteiger partial charge on any atom is 0.470 e. The normalized spacial score (nSPS) is 17.4. The van der Waals surface area contributed by atoms with E-state index in [4.69, 9.17) is 15.0 Å². The third-order valence-corrected chi connectivity index (χ3v) is 2.64. The van der Waals surface area contributed by atoms with E-state index in [1.807, 2.05) is 30.3 Å². The van der Waals surface area contributed by atoms with E-state index in [2.05, 4.69) is 0 Å². The number of primary amides is 1. The van der Waals surface area contributed by atoms with Crippen molar-refractivity contribution in [1.29, 1.82) is 0 Å². The molecule has 1 aromatic rings. The molecule has 1 amide bonds. The summed E-state index contributed by atoms with van der Waals surface area (Å²) >= 11 is 0. The largest absolute Gasteiger partial charge is 0.470 e. The number of carbonyl (C=O) groups excluding carboxylic acids is 1. The van der Waals surface area contributed by atoms with Crippen molar-refractivity contribution in [2.24, 2.45) is 5.73 Å². The molecule has 1 aromatic carbocycles. The third kappa shape index (κ3) is 2.62. The molecule has 0 aromatic heterocycles. The van der Waals surface area contributed by atoms with Crippen LogP contribution >= 0.6 is 0 Å².